The van der Waals surface area contributed by atoms with Crippen molar-refractivity contribution in [2.75, 3.05) is 13.2 Å². The molecule has 3 heteroatoms. The van der Waals surface area contributed by atoms with Crippen LogP contribution in [-0.2, 0) is 4.74 Å². The molecule has 2 unspecified atom stereocenters. The third-order valence-corrected chi connectivity index (χ3v) is 5.31. The zero-order valence-electron chi connectivity index (χ0n) is 20.7. The zero-order valence-corrected chi connectivity index (χ0v) is 20.7. The van der Waals surface area contributed by atoms with Crippen molar-refractivity contribution < 1.29 is 14.6 Å². The summed E-state index contributed by atoms with van der Waals surface area (Å²) in [5.74, 6) is -0.369. The molecule has 0 radical (unpaired) electrons. The second-order valence-electron chi connectivity index (χ2n) is 8.18. The van der Waals surface area contributed by atoms with Gasteiger partial charge in [0.1, 0.15) is 0 Å². The maximum atomic E-state index is 11.7. The molecule has 1 N–H and O–H groups in total. The first-order valence-corrected chi connectivity index (χ1v) is 12.3. The molecule has 1 aromatic rings. The first kappa shape index (κ1) is 28.4. The fourth-order valence-electron chi connectivity index (χ4n) is 3.48. The Hall–Kier alpha value is -2.65. The van der Waals surface area contributed by atoms with E-state index in [0.717, 1.165) is 57.3 Å². The molecule has 0 spiro atoms. The van der Waals surface area contributed by atoms with E-state index >= 15 is 0 Å². The van der Waals surface area contributed by atoms with Crippen molar-refractivity contribution in [2.45, 2.75) is 65.2 Å². The minimum atomic E-state index is -0.873. The van der Waals surface area contributed by atoms with Gasteiger partial charge in [-0.2, -0.15) is 0 Å². The van der Waals surface area contributed by atoms with Crippen LogP contribution in [0.2, 0.25) is 0 Å². The second-order valence-corrected chi connectivity index (χ2v) is 8.18. The molecular weight excluding hydrogens is 408 g/mol. The first-order valence-electron chi connectivity index (χ1n) is 12.3. The van der Waals surface area contributed by atoms with Crippen molar-refractivity contribution in [3.8, 4) is 0 Å². The van der Waals surface area contributed by atoms with Gasteiger partial charge in [-0.25, -0.2) is 4.79 Å². The van der Waals surface area contributed by atoms with Gasteiger partial charge in [0.2, 0.25) is 0 Å². The Labute approximate surface area is 201 Å². The first-order chi connectivity index (χ1) is 16.1. The summed E-state index contributed by atoms with van der Waals surface area (Å²) in [6, 6.07) is 7.33. The van der Waals surface area contributed by atoms with E-state index in [0.29, 0.717) is 11.5 Å². The molecule has 0 aromatic heterocycles. The molecule has 0 amide bonds. The van der Waals surface area contributed by atoms with Crippen LogP contribution in [-0.4, -0.2) is 24.3 Å². The normalized spacial score (nSPS) is 14.4. The van der Waals surface area contributed by atoms with Crippen molar-refractivity contribution in [3.63, 3.8) is 0 Å². The largest absolute Gasteiger partial charge is 0.478 e. The number of benzene rings is 1. The molecule has 0 aliphatic heterocycles. The Morgan fingerprint density at radius 2 is 1.55 bits per heavy atom. The standard InChI is InChI=1S/C30H42O3/c1-4-6-7-8-9-10-11-12-13-14-15-16-17-20-27(24-23-26(3)25-33-5-2)28-21-18-19-22-29(28)30(31)32/h6-7,9-10,12-13,15-22,26-27H,4-5,8,11,14,23-25H2,1-3H3,(H,31,32)/b7-6-,10-9-,13-12-,16-15-,20-17+. The maximum Gasteiger partial charge on any atom is 0.335 e. The summed E-state index contributed by atoms with van der Waals surface area (Å²) >= 11 is 0. The average Bonchev–Trinajstić information content (AvgIpc) is 2.82. The van der Waals surface area contributed by atoms with Crippen molar-refractivity contribution in [1.29, 1.82) is 0 Å². The minimum absolute atomic E-state index is 0.0634. The van der Waals surface area contributed by atoms with Gasteiger partial charge in [-0.3, -0.25) is 0 Å². The summed E-state index contributed by atoms with van der Waals surface area (Å²) < 4.78 is 5.54. The van der Waals surface area contributed by atoms with Crippen LogP contribution in [0.25, 0.3) is 0 Å². The predicted molar refractivity (Wildman–Crippen MR) is 141 cm³/mol. The highest BCUT2D eigenvalue weighted by Gasteiger charge is 2.17. The van der Waals surface area contributed by atoms with E-state index in [1.807, 2.05) is 25.1 Å². The highest BCUT2D eigenvalue weighted by Crippen LogP contribution is 2.28. The van der Waals surface area contributed by atoms with Gasteiger partial charge in [0.05, 0.1) is 5.56 Å². The number of ether oxygens (including phenoxy) is 1. The number of aromatic carboxylic acids is 1. The van der Waals surface area contributed by atoms with E-state index in [4.69, 9.17) is 4.74 Å². The number of carboxylic acid groups (broad SMARTS) is 1. The summed E-state index contributed by atoms with van der Waals surface area (Å²) in [6.07, 6.45) is 27.3. The summed E-state index contributed by atoms with van der Waals surface area (Å²) in [5.41, 5.74) is 1.26. The van der Waals surface area contributed by atoms with E-state index in [2.05, 4.69) is 68.5 Å². The topological polar surface area (TPSA) is 46.5 Å². The average molecular weight is 451 g/mol. The summed E-state index contributed by atoms with van der Waals surface area (Å²) in [4.78, 5) is 11.7. The van der Waals surface area contributed by atoms with E-state index in [1.54, 1.807) is 12.1 Å². The number of carboxylic acids is 1. The van der Waals surface area contributed by atoms with Crippen LogP contribution in [0.3, 0.4) is 0 Å². The number of carbonyl (C=O) groups is 1. The number of allylic oxidation sites excluding steroid dienone is 10. The van der Waals surface area contributed by atoms with Gasteiger partial charge in [0.25, 0.3) is 0 Å². The summed E-state index contributed by atoms with van der Waals surface area (Å²) in [7, 11) is 0. The Morgan fingerprint density at radius 1 is 0.909 bits per heavy atom. The zero-order chi connectivity index (χ0) is 24.2. The Balaban J connectivity index is 2.65. The van der Waals surface area contributed by atoms with Gasteiger partial charge < -0.3 is 9.84 Å². The highest BCUT2D eigenvalue weighted by atomic mass is 16.5. The fraction of sp³-hybridized carbons (Fsp3) is 0.433. The van der Waals surface area contributed by atoms with Crippen LogP contribution in [0, 0.1) is 5.92 Å². The number of hydrogen-bond acceptors (Lipinski definition) is 2. The highest BCUT2D eigenvalue weighted by molar-refractivity contribution is 5.89. The number of hydrogen-bond donors (Lipinski definition) is 1. The van der Waals surface area contributed by atoms with Crippen LogP contribution in [0.15, 0.2) is 85.0 Å². The predicted octanol–water partition coefficient (Wildman–Crippen LogP) is 8.28. The molecular formula is C30H42O3. The van der Waals surface area contributed by atoms with Gasteiger partial charge in [0, 0.05) is 19.1 Å². The van der Waals surface area contributed by atoms with E-state index in [-0.39, 0.29) is 5.92 Å². The summed E-state index contributed by atoms with van der Waals surface area (Å²) in [5, 5.41) is 9.62. The van der Waals surface area contributed by atoms with Crippen LogP contribution in [0.1, 0.15) is 81.1 Å². The molecule has 2 atom stereocenters. The lowest BCUT2D eigenvalue weighted by Gasteiger charge is -2.18. The molecule has 0 heterocycles. The molecule has 33 heavy (non-hydrogen) atoms. The molecule has 1 rings (SSSR count). The smallest absolute Gasteiger partial charge is 0.335 e. The van der Waals surface area contributed by atoms with Crippen LogP contribution < -0.4 is 0 Å². The lowest BCUT2D eigenvalue weighted by Crippen LogP contribution is -2.10. The SMILES string of the molecule is CC/C=C\C/C=C\C/C=C\C/C=C\C=C\C(CCC(C)COCC)c1ccccc1C(=O)O. The van der Waals surface area contributed by atoms with E-state index < -0.39 is 5.97 Å². The minimum Gasteiger partial charge on any atom is -0.478 e. The van der Waals surface area contributed by atoms with Crippen LogP contribution >= 0.6 is 0 Å². The molecule has 0 saturated heterocycles. The molecule has 0 bridgehead atoms. The Morgan fingerprint density at radius 3 is 2.18 bits per heavy atom. The summed E-state index contributed by atoms with van der Waals surface area (Å²) in [6.45, 7) is 7.80. The molecule has 3 nitrogen and oxygen atoms in total. The van der Waals surface area contributed by atoms with Crippen LogP contribution in [0.5, 0.6) is 0 Å². The van der Waals surface area contributed by atoms with E-state index in [1.165, 1.54) is 0 Å². The monoisotopic (exact) mass is 450 g/mol. The van der Waals surface area contributed by atoms with Gasteiger partial charge >= 0.3 is 5.97 Å². The fourth-order valence-corrected chi connectivity index (χ4v) is 3.48. The van der Waals surface area contributed by atoms with Gasteiger partial charge in [0.15, 0.2) is 0 Å². The molecule has 0 aliphatic carbocycles. The molecule has 1 aromatic carbocycles. The molecule has 0 saturated carbocycles. The Kier molecular flexibility index (Phi) is 16.2. The molecule has 0 fully saturated rings. The second kappa shape index (κ2) is 18.9. The van der Waals surface area contributed by atoms with Crippen LogP contribution in [0.4, 0.5) is 0 Å². The van der Waals surface area contributed by atoms with Gasteiger partial charge in [-0.05, 0) is 63.0 Å². The van der Waals surface area contributed by atoms with Crippen molar-refractivity contribution in [3.05, 3.63) is 96.2 Å². The van der Waals surface area contributed by atoms with Crippen molar-refractivity contribution in [2.24, 2.45) is 5.92 Å². The lowest BCUT2D eigenvalue weighted by molar-refractivity contribution is 0.0695. The van der Waals surface area contributed by atoms with Crippen molar-refractivity contribution >= 4 is 5.97 Å². The lowest BCUT2D eigenvalue weighted by atomic mass is 9.87. The molecule has 0 aliphatic rings. The van der Waals surface area contributed by atoms with Gasteiger partial charge in [-0.1, -0.05) is 92.8 Å². The third kappa shape index (κ3) is 13.5. The number of rotatable bonds is 17. The third-order valence-electron chi connectivity index (χ3n) is 5.31. The van der Waals surface area contributed by atoms with Gasteiger partial charge in [-0.15, -0.1) is 0 Å². The van der Waals surface area contributed by atoms with Crippen molar-refractivity contribution in [1.82, 2.24) is 0 Å². The Bertz CT molecular complexity index is 799. The maximum absolute atomic E-state index is 11.7. The van der Waals surface area contributed by atoms with E-state index in [9.17, 15) is 9.90 Å². The quantitative estimate of drug-likeness (QED) is 0.192. The molecule has 180 valence electrons.